The van der Waals surface area contributed by atoms with Crippen molar-refractivity contribution in [3.05, 3.63) is 35.4 Å². The summed E-state index contributed by atoms with van der Waals surface area (Å²) in [7, 11) is 1.97. The smallest absolute Gasteiger partial charge is 0.307 e. The van der Waals surface area contributed by atoms with Crippen molar-refractivity contribution < 1.29 is 9.90 Å². The van der Waals surface area contributed by atoms with E-state index in [1.54, 1.807) is 6.92 Å². The highest BCUT2D eigenvalue weighted by Crippen LogP contribution is 2.15. The number of benzene rings is 1. The molecule has 0 aromatic heterocycles. The lowest BCUT2D eigenvalue weighted by Crippen LogP contribution is -2.37. The van der Waals surface area contributed by atoms with Gasteiger partial charge in [0.1, 0.15) is 0 Å². The molecule has 0 bridgehead atoms. The fraction of sp³-hybridized carbons (Fsp3) is 0.500. The Labute approximate surface area is 103 Å². The van der Waals surface area contributed by atoms with E-state index in [1.165, 1.54) is 11.1 Å². The van der Waals surface area contributed by atoms with Crippen LogP contribution in [0.25, 0.3) is 0 Å². The summed E-state index contributed by atoms with van der Waals surface area (Å²) in [5, 5.41) is 9.00. The van der Waals surface area contributed by atoms with E-state index in [-0.39, 0.29) is 12.0 Å². The van der Waals surface area contributed by atoms with Crippen LogP contribution in [0.2, 0.25) is 0 Å². The van der Waals surface area contributed by atoms with Gasteiger partial charge in [-0.15, -0.1) is 0 Å². The average molecular weight is 235 g/mol. The molecule has 1 aromatic rings. The van der Waals surface area contributed by atoms with Crippen LogP contribution in [-0.4, -0.2) is 29.1 Å². The molecule has 0 saturated carbocycles. The second kappa shape index (κ2) is 5.82. The average Bonchev–Trinajstić information content (AvgIpc) is 2.30. The molecular formula is C14H21NO2. The van der Waals surface area contributed by atoms with Gasteiger partial charge in [-0.3, -0.25) is 9.69 Å². The van der Waals surface area contributed by atoms with Crippen molar-refractivity contribution in [2.75, 3.05) is 7.05 Å². The molecule has 1 N–H and O–H groups in total. The molecule has 1 rings (SSSR count). The summed E-state index contributed by atoms with van der Waals surface area (Å²) in [6.07, 6.45) is 0. The monoisotopic (exact) mass is 235 g/mol. The molecule has 1 aromatic carbocycles. The van der Waals surface area contributed by atoms with Crippen molar-refractivity contribution in [2.24, 2.45) is 5.92 Å². The highest BCUT2D eigenvalue weighted by Gasteiger charge is 2.23. The lowest BCUT2D eigenvalue weighted by Gasteiger charge is -2.28. The van der Waals surface area contributed by atoms with Crippen molar-refractivity contribution in [1.82, 2.24) is 4.90 Å². The minimum atomic E-state index is -0.742. The van der Waals surface area contributed by atoms with Crippen molar-refractivity contribution in [2.45, 2.75) is 33.4 Å². The van der Waals surface area contributed by atoms with Crippen molar-refractivity contribution in [1.29, 1.82) is 0 Å². The van der Waals surface area contributed by atoms with E-state index < -0.39 is 5.97 Å². The van der Waals surface area contributed by atoms with Gasteiger partial charge in [0, 0.05) is 12.6 Å². The predicted molar refractivity (Wildman–Crippen MR) is 68.9 cm³/mol. The third-order valence-electron chi connectivity index (χ3n) is 3.49. The predicted octanol–water partition coefficient (Wildman–Crippen LogP) is 2.54. The number of carboxylic acids is 1. The first-order chi connectivity index (χ1) is 7.93. The largest absolute Gasteiger partial charge is 0.481 e. The Kier molecular flexibility index (Phi) is 4.70. The number of hydrogen-bond donors (Lipinski definition) is 1. The normalized spacial score (nSPS) is 14.6. The van der Waals surface area contributed by atoms with Crippen LogP contribution in [0.5, 0.6) is 0 Å². The highest BCUT2D eigenvalue weighted by molar-refractivity contribution is 5.70. The number of carboxylic acid groups (broad SMARTS) is 1. The molecule has 0 radical (unpaired) electrons. The lowest BCUT2D eigenvalue weighted by molar-refractivity contribution is -0.143. The molecule has 94 valence electrons. The first-order valence-corrected chi connectivity index (χ1v) is 5.91. The second-order valence-electron chi connectivity index (χ2n) is 4.71. The summed E-state index contributed by atoms with van der Waals surface area (Å²) in [4.78, 5) is 13.0. The van der Waals surface area contributed by atoms with E-state index in [0.29, 0.717) is 0 Å². The molecule has 0 amide bonds. The molecular weight excluding hydrogens is 214 g/mol. The van der Waals surface area contributed by atoms with Crippen LogP contribution in [0.1, 0.15) is 25.0 Å². The van der Waals surface area contributed by atoms with Crippen molar-refractivity contribution >= 4 is 5.97 Å². The summed E-state index contributed by atoms with van der Waals surface area (Å²) in [5.74, 6) is -1.10. The maximum Gasteiger partial charge on any atom is 0.307 e. The molecule has 0 saturated heterocycles. The van der Waals surface area contributed by atoms with E-state index in [4.69, 9.17) is 5.11 Å². The maximum absolute atomic E-state index is 10.9. The number of aryl methyl sites for hydroxylation is 1. The third kappa shape index (κ3) is 3.56. The topological polar surface area (TPSA) is 40.5 Å². The highest BCUT2D eigenvalue weighted by atomic mass is 16.4. The van der Waals surface area contributed by atoms with Crippen LogP contribution in [0.4, 0.5) is 0 Å². The van der Waals surface area contributed by atoms with Gasteiger partial charge in [-0.1, -0.05) is 31.2 Å². The number of carbonyl (C=O) groups is 1. The zero-order valence-corrected chi connectivity index (χ0v) is 11.0. The first-order valence-electron chi connectivity index (χ1n) is 5.91. The Morgan fingerprint density at radius 3 is 2.47 bits per heavy atom. The van der Waals surface area contributed by atoms with Gasteiger partial charge in [0.2, 0.25) is 0 Å². The number of nitrogens with zero attached hydrogens (tertiary/aromatic N) is 1. The molecule has 0 aliphatic rings. The minimum Gasteiger partial charge on any atom is -0.481 e. The molecule has 0 fully saturated rings. The summed E-state index contributed by atoms with van der Waals surface area (Å²) < 4.78 is 0. The molecule has 0 aliphatic carbocycles. The zero-order chi connectivity index (χ0) is 13.0. The molecule has 0 heterocycles. The standard InChI is InChI=1S/C14H21NO2/c1-10-7-5-6-8-13(10)9-15(4)12(3)11(2)14(16)17/h5-8,11-12H,9H2,1-4H3,(H,16,17). The quantitative estimate of drug-likeness (QED) is 0.852. The van der Waals surface area contributed by atoms with E-state index >= 15 is 0 Å². The van der Waals surface area contributed by atoms with Gasteiger partial charge in [-0.05, 0) is 32.0 Å². The summed E-state index contributed by atoms with van der Waals surface area (Å²) >= 11 is 0. The van der Waals surface area contributed by atoms with E-state index in [1.807, 2.05) is 26.1 Å². The Morgan fingerprint density at radius 1 is 1.35 bits per heavy atom. The molecule has 3 heteroatoms. The van der Waals surface area contributed by atoms with Crippen LogP contribution in [-0.2, 0) is 11.3 Å². The van der Waals surface area contributed by atoms with Crippen LogP contribution in [0.15, 0.2) is 24.3 Å². The number of rotatable bonds is 5. The van der Waals surface area contributed by atoms with Gasteiger partial charge in [-0.2, -0.15) is 0 Å². The molecule has 17 heavy (non-hydrogen) atoms. The zero-order valence-electron chi connectivity index (χ0n) is 11.0. The van der Waals surface area contributed by atoms with Crippen molar-refractivity contribution in [3.63, 3.8) is 0 Å². The van der Waals surface area contributed by atoms with Crippen LogP contribution >= 0.6 is 0 Å². The van der Waals surface area contributed by atoms with Gasteiger partial charge in [-0.25, -0.2) is 0 Å². The summed E-state index contributed by atoms with van der Waals surface area (Å²) in [6.45, 7) is 6.57. The summed E-state index contributed by atoms with van der Waals surface area (Å²) in [6, 6.07) is 8.22. The fourth-order valence-corrected chi connectivity index (χ4v) is 1.79. The number of aliphatic carboxylic acids is 1. The van der Waals surface area contributed by atoms with E-state index in [0.717, 1.165) is 6.54 Å². The lowest BCUT2D eigenvalue weighted by atomic mass is 10.0. The van der Waals surface area contributed by atoms with Gasteiger partial charge in [0.25, 0.3) is 0 Å². The Morgan fingerprint density at radius 2 is 1.94 bits per heavy atom. The van der Waals surface area contributed by atoms with Crippen LogP contribution in [0.3, 0.4) is 0 Å². The SMILES string of the molecule is Cc1ccccc1CN(C)C(C)C(C)C(=O)O. The van der Waals surface area contributed by atoms with Gasteiger partial charge in [0.05, 0.1) is 5.92 Å². The molecule has 2 unspecified atom stereocenters. The van der Waals surface area contributed by atoms with Gasteiger partial charge in [0.15, 0.2) is 0 Å². The third-order valence-corrected chi connectivity index (χ3v) is 3.49. The molecule has 2 atom stereocenters. The second-order valence-corrected chi connectivity index (χ2v) is 4.71. The molecule has 3 nitrogen and oxygen atoms in total. The molecule has 0 aliphatic heterocycles. The van der Waals surface area contributed by atoms with Gasteiger partial charge < -0.3 is 5.11 Å². The van der Waals surface area contributed by atoms with E-state index in [9.17, 15) is 4.79 Å². The molecule has 0 spiro atoms. The van der Waals surface area contributed by atoms with Crippen LogP contribution in [0, 0.1) is 12.8 Å². The Bertz CT molecular complexity index is 390. The van der Waals surface area contributed by atoms with E-state index in [2.05, 4.69) is 24.0 Å². The fourth-order valence-electron chi connectivity index (χ4n) is 1.79. The Balaban J connectivity index is 2.69. The minimum absolute atomic E-state index is 0.0205. The maximum atomic E-state index is 10.9. The summed E-state index contributed by atoms with van der Waals surface area (Å²) in [5.41, 5.74) is 2.49. The number of hydrogen-bond acceptors (Lipinski definition) is 2. The van der Waals surface area contributed by atoms with Gasteiger partial charge >= 0.3 is 5.97 Å². The first kappa shape index (κ1) is 13.7. The Hall–Kier alpha value is -1.35. The van der Waals surface area contributed by atoms with Crippen LogP contribution < -0.4 is 0 Å². The van der Waals surface area contributed by atoms with Crippen molar-refractivity contribution in [3.8, 4) is 0 Å².